The Morgan fingerprint density at radius 1 is 1.00 bits per heavy atom. The quantitative estimate of drug-likeness (QED) is 0.858. The van der Waals surface area contributed by atoms with Crippen LogP contribution in [0.15, 0.2) is 48.5 Å². The van der Waals surface area contributed by atoms with E-state index in [9.17, 15) is 4.79 Å². The predicted octanol–water partition coefficient (Wildman–Crippen LogP) is 3.33. The molecule has 0 aromatic heterocycles. The summed E-state index contributed by atoms with van der Waals surface area (Å²) in [6.07, 6.45) is 0. The smallest absolute Gasteiger partial charge is 0.253 e. The van der Waals surface area contributed by atoms with Crippen molar-refractivity contribution in [3.8, 4) is 0 Å². The second kappa shape index (κ2) is 6.44. The van der Waals surface area contributed by atoms with E-state index in [-0.39, 0.29) is 5.91 Å². The van der Waals surface area contributed by atoms with E-state index < -0.39 is 0 Å². The number of anilines is 1. The van der Waals surface area contributed by atoms with Crippen molar-refractivity contribution >= 4 is 11.6 Å². The Bertz CT molecular complexity index is 635. The molecule has 0 heterocycles. The number of benzene rings is 2. The van der Waals surface area contributed by atoms with Gasteiger partial charge in [-0.05, 0) is 36.2 Å². The van der Waals surface area contributed by atoms with Crippen molar-refractivity contribution in [2.75, 3.05) is 26.0 Å². The maximum Gasteiger partial charge on any atom is 0.253 e. The summed E-state index contributed by atoms with van der Waals surface area (Å²) in [6, 6.07) is 15.9. The van der Waals surface area contributed by atoms with Crippen LogP contribution < -0.4 is 4.90 Å². The monoisotopic (exact) mass is 282 g/mol. The highest BCUT2D eigenvalue weighted by atomic mass is 16.2. The Morgan fingerprint density at radius 2 is 1.71 bits per heavy atom. The van der Waals surface area contributed by atoms with Crippen LogP contribution in [0.3, 0.4) is 0 Å². The Hall–Kier alpha value is -2.29. The second-order valence-electron chi connectivity index (χ2n) is 5.53. The number of hydrogen-bond acceptors (Lipinski definition) is 2. The number of carbonyl (C=O) groups is 1. The van der Waals surface area contributed by atoms with E-state index in [0.29, 0.717) is 6.54 Å². The zero-order valence-corrected chi connectivity index (χ0v) is 13.1. The number of rotatable bonds is 4. The van der Waals surface area contributed by atoms with Crippen molar-refractivity contribution in [3.05, 3.63) is 65.2 Å². The zero-order valence-electron chi connectivity index (χ0n) is 13.1. The molecule has 3 heteroatoms. The summed E-state index contributed by atoms with van der Waals surface area (Å²) in [4.78, 5) is 16.3. The highest BCUT2D eigenvalue weighted by Crippen LogP contribution is 2.16. The molecule has 0 bridgehead atoms. The summed E-state index contributed by atoms with van der Waals surface area (Å²) in [7, 11) is 5.79. The van der Waals surface area contributed by atoms with Crippen molar-refractivity contribution in [2.24, 2.45) is 0 Å². The topological polar surface area (TPSA) is 23.6 Å². The lowest BCUT2D eigenvalue weighted by Crippen LogP contribution is -2.26. The number of hydrogen-bond donors (Lipinski definition) is 0. The number of nitrogens with zero attached hydrogens (tertiary/aromatic N) is 2. The van der Waals surface area contributed by atoms with Gasteiger partial charge in [0.25, 0.3) is 5.91 Å². The molecule has 0 atom stereocenters. The van der Waals surface area contributed by atoms with E-state index in [4.69, 9.17) is 0 Å². The van der Waals surface area contributed by atoms with Crippen LogP contribution in [0.1, 0.15) is 21.5 Å². The zero-order chi connectivity index (χ0) is 15.4. The van der Waals surface area contributed by atoms with Gasteiger partial charge in [0.15, 0.2) is 0 Å². The minimum Gasteiger partial charge on any atom is -0.378 e. The molecule has 1 amide bonds. The van der Waals surface area contributed by atoms with Gasteiger partial charge in [-0.2, -0.15) is 0 Å². The number of aryl methyl sites for hydroxylation is 1. The van der Waals surface area contributed by atoms with Crippen LogP contribution >= 0.6 is 0 Å². The van der Waals surface area contributed by atoms with Crippen LogP contribution in [0.25, 0.3) is 0 Å². The van der Waals surface area contributed by atoms with Crippen LogP contribution in [-0.4, -0.2) is 32.0 Å². The lowest BCUT2D eigenvalue weighted by molar-refractivity contribution is 0.0785. The summed E-state index contributed by atoms with van der Waals surface area (Å²) in [5, 5.41) is 0. The molecule has 110 valence electrons. The Balaban J connectivity index is 2.16. The second-order valence-corrected chi connectivity index (χ2v) is 5.53. The third kappa shape index (κ3) is 3.63. The molecule has 2 aromatic rings. The third-order valence-corrected chi connectivity index (χ3v) is 3.62. The molecule has 0 saturated heterocycles. The van der Waals surface area contributed by atoms with Crippen molar-refractivity contribution in [3.63, 3.8) is 0 Å². The van der Waals surface area contributed by atoms with Gasteiger partial charge < -0.3 is 9.80 Å². The Kier molecular flexibility index (Phi) is 4.63. The van der Waals surface area contributed by atoms with Gasteiger partial charge in [-0.25, -0.2) is 0 Å². The molecule has 0 fully saturated rings. The first-order valence-corrected chi connectivity index (χ1v) is 7.06. The first kappa shape index (κ1) is 15.1. The average Bonchev–Trinajstić information content (AvgIpc) is 2.49. The summed E-state index contributed by atoms with van der Waals surface area (Å²) < 4.78 is 0. The fourth-order valence-corrected chi connectivity index (χ4v) is 2.25. The van der Waals surface area contributed by atoms with Gasteiger partial charge in [0.1, 0.15) is 0 Å². The molecular weight excluding hydrogens is 260 g/mol. The van der Waals surface area contributed by atoms with Crippen molar-refractivity contribution in [1.29, 1.82) is 0 Å². The average molecular weight is 282 g/mol. The maximum absolute atomic E-state index is 12.5. The van der Waals surface area contributed by atoms with E-state index in [2.05, 4.69) is 19.1 Å². The highest BCUT2D eigenvalue weighted by Gasteiger charge is 2.13. The molecule has 0 radical (unpaired) electrons. The lowest BCUT2D eigenvalue weighted by Gasteiger charge is -2.20. The molecule has 21 heavy (non-hydrogen) atoms. The molecule has 2 rings (SSSR count). The van der Waals surface area contributed by atoms with Gasteiger partial charge in [0.2, 0.25) is 0 Å². The summed E-state index contributed by atoms with van der Waals surface area (Å²) in [6.45, 7) is 2.69. The molecule has 0 aliphatic rings. The highest BCUT2D eigenvalue weighted by molar-refractivity contribution is 5.95. The van der Waals surface area contributed by atoms with Crippen LogP contribution in [-0.2, 0) is 6.54 Å². The van der Waals surface area contributed by atoms with Gasteiger partial charge in [-0.3, -0.25) is 4.79 Å². The van der Waals surface area contributed by atoms with Crippen molar-refractivity contribution < 1.29 is 4.79 Å². The van der Waals surface area contributed by atoms with E-state index in [1.165, 1.54) is 11.1 Å². The van der Waals surface area contributed by atoms with Gasteiger partial charge >= 0.3 is 0 Å². The van der Waals surface area contributed by atoms with E-state index >= 15 is 0 Å². The fraction of sp³-hybridized carbons (Fsp3) is 0.278. The molecule has 0 N–H and O–H groups in total. The molecule has 0 unspecified atom stereocenters. The van der Waals surface area contributed by atoms with Crippen LogP contribution in [0.4, 0.5) is 5.69 Å². The van der Waals surface area contributed by atoms with Crippen molar-refractivity contribution in [1.82, 2.24) is 4.90 Å². The molecule has 0 saturated carbocycles. The summed E-state index contributed by atoms with van der Waals surface area (Å²) in [5.41, 5.74) is 4.14. The Morgan fingerprint density at radius 3 is 2.38 bits per heavy atom. The molecule has 2 aromatic carbocycles. The maximum atomic E-state index is 12.5. The molecule has 3 nitrogen and oxygen atoms in total. The first-order chi connectivity index (χ1) is 9.99. The van der Waals surface area contributed by atoms with Gasteiger partial charge in [-0.1, -0.05) is 30.3 Å². The first-order valence-electron chi connectivity index (χ1n) is 7.06. The van der Waals surface area contributed by atoms with Crippen molar-refractivity contribution in [2.45, 2.75) is 13.5 Å². The predicted molar refractivity (Wildman–Crippen MR) is 87.7 cm³/mol. The van der Waals surface area contributed by atoms with E-state index in [1.54, 1.807) is 4.90 Å². The van der Waals surface area contributed by atoms with E-state index in [0.717, 1.165) is 11.3 Å². The molecule has 0 aliphatic carbocycles. The summed E-state index contributed by atoms with van der Waals surface area (Å²) in [5.74, 6) is 0.0435. The van der Waals surface area contributed by atoms with Gasteiger partial charge in [-0.15, -0.1) is 0 Å². The van der Waals surface area contributed by atoms with Crippen LogP contribution in [0.5, 0.6) is 0 Å². The number of amides is 1. The third-order valence-electron chi connectivity index (χ3n) is 3.62. The van der Waals surface area contributed by atoms with Gasteiger partial charge in [0.05, 0.1) is 0 Å². The normalized spacial score (nSPS) is 10.3. The molecular formula is C18H22N2O. The minimum absolute atomic E-state index is 0.0435. The SMILES string of the molecule is Cc1ccccc1CN(C)C(=O)c1cccc(N(C)C)c1. The Labute approximate surface area is 126 Å². The van der Waals surface area contributed by atoms with Crippen LogP contribution in [0.2, 0.25) is 0 Å². The fourth-order valence-electron chi connectivity index (χ4n) is 2.25. The number of carbonyl (C=O) groups excluding carboxylic acids is 1. The largest absolute Gasteiger partial charge is 0.378 e. The van der Waals surface area contributed by atoms with Crippen LogP contribution in [0, 0.1) is 6.92 Å². The lowest BCUT2D eigenvalue weighted by atomic mass is 10.1. The molecule has 0 spiro atoms. The standard InChI is InChI=1S/C18H22N2O/c1-14-8-5-6-9-16(14)13-20(4)18(21)15-10-7-11-17(12-15)19(2)3/h5-12H,13H2,1-4H3. The van der Waals surface area contributed by atoms with E-state index in [1.807, 2.05) is 62.4 Å². The minimum atomic E-state index is 0.0435. The van der Waals surface area contributed by atoms with Gasteiger partial charge in [0, 0.05) is 38.9 Å². The summed E-state index contributed by atoms with van der Waals surface area (Å²) >= 11 is 0. The molecule has 0 aliphatic heterocycles.